The minimum absolute atomic E-state index is 0.220. The largest absolute Gasteiger partial charge is 0.497 e. The first-order valence-corrected chi connectivity index (χ1v) is 7.84. The molecule has 0 atom stereocenters. The third kappa shape index (κ3) is 2.82. The fourth-order valence-electron chi connectivity index (χ4n) is 2.22. The van der Waals surface area contributed by atoms with E-state index in [1.807, 2.05) is 40.2 Å². The Kier molecular flexibility index (Phi) is 4.11. The van der Waals surface area contributed by atoms with Gasteiger partial charge in [-0.05, 0) is 31.2 Å². The van der Waals surface area contributed by atoms with Crippen LogP contribution in [0.3, 0.4) is 0 Å². The average Bonchev–Trinajstić information content (AvgIpc) is 3.10. The number of hydrogen-bond acceptors (Lipinski definition) is 5. The standard InChI is InChI=1S/C16H16N2O3S/c1-3-21-15(19)8-12-10-22-16-17-14(9-18(12)16)11-4-6-13(20-2)7-5-11/h4-7,9-10H,3,8H2,1-2H3. The van der Waals surface area contributed by atoms with Crippen LogP contribution in [0.5, 0.6) is 5.75 Å². The van der Waals surface area contributed by atoms with Crippen molar-refractivity contribution >= 4 is 22.3 Å². The summed E-state index contributed by atoms with van der Waals surface area (Å²) < 4.78 is 12.1. The predicted octanol–water partition coefficient (Wildman–Crippen LogP) is 3.18. The summed E-state index contributed by atoms with van der Waals surface area (Å²) in [6.45, 7) is 2.20. The van der Waals surface area contributed by atoms with Crippen LogP contribution in [-0.4, -0.2) is 29.1 Å². The molecule has 0 unspecified atom stereocenters. The molecule has 1 aromatic carbocycles. The molecule has 0 aliphatic carbocycles. The number of methoxy groups -OCH3 is 1. The summed E-state index contributed by atoms with van der Waals surface area (Å²) in [7, 11) is 1.64. The molecule has 0 spiro atoms. The average molecular weight is 316 g/mol. The summed E-state index contributed by atoms with van der Waals surface area (Å²) in [5, 5.41) is 1.94. The maximum atomic E-state index is 11.6. The molecule has 0 saturated heterocycles. The second-order valence-corrected chi connectivity index (χ2v) is 5.55. The van der Waals surface area contributed by atoms with E-state index in [9.17, 15) is 4.79 Å². The number of fused-ring (bicyclic) bond motifs is 1. The molecular weight excluding hydrogens is 300 g/mol. The number of benzene rings is 1. The van der Waals surface area contributed by atoms with E-state index in [0.29, 0.717) is 6.61 Å². The van der Waals surface area contributed by atoms with Crippen LogP contribution in [-0.2, 0) is 16.0 Å². The van der Waals surface area contributed by atoms with Crippen LogP contribution in [0.2, 0.25) is 0 Å². The lowest BCUT2D eigenvalue weighted by Crippen LogP contribution is -2.08. The number of nitrogens with zero attached hydrogens (tertiary/aromatic N) is 2. The van der Waals surface area contributed by atoms with Crippen molar-refractivity contribution in [1.29, 1.82) is 0 Å². The number of thiazole rings is 1. The zero-order valence-corrected chi connectivity index (χ0v) is 13.2. The molecule has 0 aliphatic rings. The summed E-state index contributed by atoms with van der Waals surface area (Å²) in [4.78, 5) is 17.1. The van der Waals surface area contributed by atoms with E-state index in [0.717, 1.165) is 27.7 Å². The highest BCUT2D eigenvalue weighted by molar-refractivity contribution is 7.15. The monoisotopic (exact) mass is 316 g/mol. The fraction of sp³-hybridized carbons (Fsp3) is 0.250. The molecule has 6 heteroatoms. The Labute approximate surface area is 132 Å². The smallest absolute Gasteiger partial charge is 0.311 e. The van der Waals surface area contributed by atoms with Gasteiger partial charge in [-0.25, -0.2) is 4.98 Å². The number of imidazole rings is 1. The van der Waals surface area contributed by atoms with Crippen molar-refractivity contribution < 1.29 is 14.3 Å². The molecule has 3 aromatic rings. The second-order valence-electron chi connectivity index (χ2n) is 4.72. The maximum Gasteiger partial charge on any atom is 0.311 e. The van der Waals surface area contributed by atoms with Gasteiger partial charge in [0.15, 0.2) is 4.96 Å². The summed E-state index contributed by atoms with van der Waals surface area (Å²) in [5.41, 5.74) is 2.78. The van der Waals surface area contributed by atoms with Crippen molar-refractivity contribution in [3.8, 4) is 17.0 Å². The van der Waals surface area contributed by atoms with Crippen LogP contribution in [0, 0.1) is 0 Å². The van der Waals surface area contributed by atoms with Gasteiger partial charge >= 0.3 is 5.97 Å². The molecule has 2 aromatic heterocycles. The minimum atomic E-state index is -0.220. The lowest BCUT2D eigenvalue weighted by Gasteiger charge is -2.01. The van der Waals surface area contributed by atoms with Crippen molar-refractivity contribution in [3.05, 3.63) is 41.5 Å². The van der Waals surface area contributed by atoms with Crippen molar-refractivity contribution in [3.63, 3.8) is 0 Å². The highest BCUT2D eigenvalue weighted by atomic mass is 32.1. The Morgan fingerprint density at radius 2 is 2.09 bits per heavy atom. The van der Waals surface area contributed by atoms with E-state index in [2.05, 4.69) is 4.98 Å². The summed E-state index contributed by atoms with van der Waals surface area (Å²) in [6, 6.07) is 7.75. The Morgan fingerprint density at radius 3 is 2.77 bits per heavy atom. The normalized spacial score (nSPS) is 10.8. The van der Waals surface area contributed by atoms with E-state index in [1.54, 1.807) is 14.0 Å². The molecule has 0 bridgehead atoms. The van der Waals surface area contributed by atoms with Crippen LogP contribution >= 0.6 is 11.3 Å². The number of hydrogen-bond donors (Lipinski definition) is 0. The van der Waals surface area contributed by atoms with Crippen LogP contribution in [0.25, 0.3) is 16.2 Å². The van der Waals surface area contributed by atoms with Gasteiger partial charge in [0.25, 0.3) is 0 Å². The first-order chi connectivity index (χ1) is 10.7. The summed E-state index contributed by atoms with van der Waals surface area (Å²) in [6.07, 6.45) is 2.20. The first kappa shape index (κ1) is 14.6. The highest BCUT2D eigenvalue weighted by Gasteiger charge is 2.13. The number of ether oxygens (including phenoxy) is 2. The zero-order chi connectivity index (χ0) is 15.5. The van der Waals surface area contributed by atoms with Gasteiger partial charge in [0.1, 0.15) is 5.75 Å². The molecule has 3 rings (SSSR count). The van der Waals surface area contributed by atoms with Gasteiger partial charge in [0.2, 0.25) is 0 Å². The number of aromatic nitrogens is 2. The van der Waals surface area contributed by atoms with Gasteiger partial charge in [-0.3, -0.25) is 9.20 Å². The molecule has 22 heavy (non-hydrogen) atoms. The topological polar surface area (TPSA) is 52.8 Å². The quantitative estimate of drug-likeness (QED) is 0.678. The number of rotatable bonds is 5. The number of carbonyl (C=O) groups excluding carboxylic acids is 1. The van der Waals surface area contributed by atoms with E-state index in [-0.39, 0.29) is 12.4 Å². The van der Waals surface area contributed by atoms with Crippen LogP contribution in [0.4, 0.5) is 0 Å². The first-order valence-electron chi connectivity index (χ1n) is 6.96. The molecule has 0 amide bonds. The molecular formula is C16H16N2O3S. The van der Waals surface area contributed by atoms with Crippen LogP contribution < -0.4 is 4.74 Å². The van der Waals surface area contributed by atoms with E-state index in [1.165, 1.54) is 11.3 Å². The molecule has 114 valence electrons. The molecule has 0 saturated carbocycles. The summed E-state index contributed by atoms with van der Waals surface area (Å²) in [5.74, 6) is 0.592. The van der Waals surface area contributed by atoms with E-state index in [4.69, 9.17) is 9.47 Å². The zero-order valence-electron chi connectivity index (χ0n) is 12.4. The van der Waals surface area contributed by atoms with Gasteiger partial charge in [-0.15, -0.1) is 11.3 Å². The lowest BCUT2D eigenvalue weighted by atomic mass is 10.2. The predicted molar refractivity (Wildman–Crippen MR) is 85.4 cm³/mol. The molecule has 0 radical (unpaired) electrons. The SMILES string of the molecule is CCOC(=O)Cc1csc2nc(-c3ccc(OC)cc3)cn12. The van der Waals surface area contributed by atoms with Gasteiger partial charge in [0, 0.05) is 22.8 Å². The molecule has 5 nitrogen and oxygen atoms in total. The number of esters is 1. The Balaban J connectivity index is 1.89. The van der Waals surface area contributed by atoms with Crippen molar-refractivity contribution in [2.24, 2.45) is 0 Å². The molecule has 2 heterocycles. The third-order valence-electron chi connectivity index (χ3n) is 3.30. The summed E-state index contributed by atoms with van der Waals surface area (Å²) >= 11 is 1.52. The van der Waals surface area contributed by atoms with Crippen molar-refractivity contribution in [2.75, 3.05) is 13.7 Å². The number of carbonyl (C=O) groups is 1. The highest BCUT2D eigenvalue weighted by Crippen LogP contribution is 2.25. The van der Waals surface area contributed by atoms with Crippen molar-refractivity contribution in [2.45, 2.75) is 13.3 Å². The molecule has 0 aliphatic heterocycles. The molecule has 0 N–H and O–H groups in total. The fourth-order valence-corrected chi connectivity index (χ4v) is 3.09. The minimum Gasteiger partial charge on any atom is -0.497 e. The maximum absolute atomic E-state index is 11.6. The Morgan fingerprint density at radius 1 is 1.32 bits per heavy atom. The van der Waals surface area contributed by atoms with E-state index >= 15 is 0 Å². The van der Waals surface area contributed by atoms with Gasteiger partial charge < -0.3 is 9.47 Å². The second kappa shape index (κ2) is 6.19. The third-order valence-corrected chi connectivity index (χ3v) is 4.19. The molecule has 0 fully saturated rings. The Bertz CT molecular complexity index is 789. The van der Waals surface area contributed by atoms with Gasteiger partial charge in [0.05, 0.1) is 25.8 Å². The lowest BCUT2D eigenvalue weighted by molar-refractivity contribution is -0.142. The Hall–Kier alpha value is -2.34. The van der Waals surface area contributed by atoms with Crippen LogP contribution in [0.15, 0.2) is 35.8 Å². The van der Waals surface area contributed by atoms with Gasteiger partial charge in [-0.2, -0.15) is 0 Å². The van der Waals surface area contributed by atoms with E-state index < -0.39 is 0 Å². The van der Waals surface area contributed by atoms with Gasteiger partial charge in [-0.1, -0.05) is 0 Å². The van der Waals surface area contributed by atoms with Crippen molar-refractivity contribution in [1.82, 2.24) is 9.38 Å². The van der Waals surface area contributed by atoms with Crippen LogP contribution in [0.1, 0.15) is 12.6 Å².